The van der Waals surface area contributed by atoms with Crippen molar-refractivity contribution in [2.45, 2.75) is 30.2 Å². The fraction of sp³-hybridized carbons (Fsp3) is 0.417. The lowest BCUT2D eigenvalue weighted by Crippen LogP contribution is -2.50. The number of hydrogen-bond acceptors (Lipinski definition) is 5. The summed E-state index contributed by atoms with van der Waals surface area (Å²) in [5.74, 6) is 5.61. The standard InChI is InChI=1S/C12H18N4O3S/c13-16-8-2-1-3-11(16)12(17)15-9-4-6-10(7-5-9)20(14,18)19/h4-7,11H,1-3,8,13H2,(H,15,17)(H2,14,18,19). The van der Waals surface area contributed by atoms with Crippen LogP contribution in [0, 0.1) is 0 Å². The van der Waals surface area contributed by atoms with Crippen LogP contribution in [0.1, 0.15) is 19.3 Å². The SMILES string of the molecule is NN1CCCCC1C(=O)Nc1ccc(S(N)(=O)=O)cc1. The molecule has 0 saturated carbocycles. The molecule has 1 aliphatic rings. The van der Waals surface area contributed by atoms with Crippen molar-refractivity contribution >= 4 is 21.6 Å². The summed E-state index contributed by atoms with van der Waals surface area (Å²) in [6.07, 6.45) is 2.68. The predicted octanol–water partition coefficient (Wildman–Crippen LogP) is 0.000700. The van der Waals surface area contributed by atoms with Gasteiger partial charge in [0, 0.05) is 12.2 Å². The summed E-state index contributed by atoms with van der Waals surface area (Å²) in [5.41, 5.74) is 0.515. The molecule has 0 aliphatic carbocycles. The summed E-state index contributed by atoms with van der Waals surface area (Å²) in [6, 6.07) is 5.36. The number of carbonyl (C=O) groups excluding carboxylic acids is 1. The Morgan fingerprint density at radius 1 is 1.25 bits per heavy atom. The van der Waals surface area contributed by atoms with Crippen molar-refractivity contribution < 1.29 is 13.2 Å². The maximum Gasteiger partial charge on any atom is 0.243 e. The Kier molecular flexibility index (Phi) is 4.39. The Morgan fingerprint density at radius 3 is 2.45 bits per heavy atom. The third-order valence-corrected chi connectivity index (χ3v) is 4.23. The first-order valence-electron chi connectivity index (χ1n) is 6.33. The smallest absolute Gasteiger partial charge is 0.243 e. The van der Waals surface area contributed by atoms with Crippen LogP contribution in [0.25, 0.3) is 0 Å². The van der Waals surface area contributed by atoms with E-state index in [4.69, 9.17) is 11.0 Å². The molecule has 1 aromatic rings. The van der Waals surface area contributed by atoms with Crippen molar-refractivity contribution in [1.29, 1.82) is 0 Å². The first kappa shape index (κ1) is 14.9. The minimum atomic E-state index is -3.72. The molecule has 1 saturated heterocycles. The lowest BCUT2D eigenvalue weighted by molar-refractivity contribution is -0.122. The highest BCUT2D eigenvalue weighted by molar-refractivity contribution is 7.89. The van der Waals surface area contributed by atoms with E-state index in [2.05, 4.69) is 5.32 Å². The average Bonchev–Trinajstić information content (AvgIpc) is 2.38. The van der Waals surface area contributed by atoms with Gasteiger partial charge in [0.1, 0.15) is 6.04 Å². The van der Waals surface area contributed by atoms with Gasteiger partial charge in [0.15, 0.2) is 0 Å². The Morgan fingerprint density at radius 2 is 1.90 bits per heavy atom. The largest absolute Gasteiger partial charge is 0.325 e. The molecule has 1 fully saturated rings. The minimum absolute atomic E-state index is 0.00798. The van der Waals surface area contributed by atoms with Gasteiger partial charge in [-0.05, 0) is 43.5 Å². The number of hydrogen-bond donors (Lipinski definition) is 3. The van der Waals surface area contributed by atoms with E-state index in [0.29, 0.717) is 12.2 Å². The van der Waals surface area contributed by atoms with Gasteiger partial charge in [0.25, 0.3) is 0 Å². The van der Waals surface area contributed by atoms with Crippen LogP contribution in [0.5, 0.6) is 0 Å². The minimum Gasteiger partial charge on any atom is -0.325 e. The van der Waals surface area contributed by atoms with Crippen molar-refractivity contribution in [1.82, 2.24) is 5.01 Å². The zero-order valence-electron chi connectivity index (χ0n) is 11.0. The molecule has 1 heterocycles. The summed E-state index contributed by atoms with van der Waals surface area (Å²) in [4.78, 5) is 12.1. The zero-order valence-corrected chi connectivity index (χ0v) is 11.8. The summed E-state index contributed by atoms with van der Waals surface area (Å²) in [5, 5.41) is 9.27. The quantitative estimate of drug-likeness (QED) is 0.679. The third kappa shape index (κ3) is 3.54. The van der Waals surface area contributed by atoms with Gasteiger partial charge in [-0.1, -0.05) is 0 Å². The molecule has 8 heteroatoms. The molecular weight excluding hydrogens is 280 g/mol. The number of primary sulfonamides is 1. The monoisotopic (exact) mass is 298 g/mol. The number of sulfonamides is 1. The average molecular weight is 298 g/mol. The van der Waals surface area contributed by atoms with E-state index in [1.807, 2.05) is 0 Å². The van der Waals surface area contributed by atoms with Gasteiger partial charge in [0.2, 0.25) is 15.9 Å². The molecule has 1 aliphatic heterocycles. The number of hydrazine groups is 1. The number of amides is 1. The van der Waals surface area contributed by atoms with Gasteiger partial charge in [-0.3, -0.25) is 10.6 Å². The van der Waals surface area contributed by atoms with Gasteiger partial charge >= 0.3 is 0 Å². The molecular formula is C12H18N4O3S. The first-order chi connectivity index (χ1) is 9.38. The van der Waals surface area contributed by atoms with Gasteiger partial charge in [-0.15, -0.1) is 0 Å². The fourth-order valence-electron chi connectivity index (χ4n) is 2.19. The first-order valence-corrected chi connectivity index (χ1v) is 7.87. The maximum absolute atomic E-state index is 12.1. The van der Waals surface area contributed by atoms with Crippen molar-refractivity contribution in [2.75, 3.05) is 11.9 Å². The molecule has 0 aromatic heterocycles. The Labute approximate surface area is 117 Å². The van der Waals surface area contributed by atoms with E-state index in [9.17, 15) is 13.2 Å². The number of rotatable bonds is 3. The van der Waals surface area contributed by atoms with Gasteiger partial charge in [-0.25, -0.2) is 18.6 Å². The summed E-state index contributed by atoms with van der Waals surface area (Å²) in [7, 11) is -3.72. The molecule has 110 valence electrons. The lowest BCUT2D eigenvalue weighted by Gasteiger charge is -2.30. The van der Waals surface area contributed by atoms with E-state index < -0.39 is 10.0 Å². The maximum atomic E-state index is 12.1. The molecule has 1 aromatic carbocycles. The van der Waals surface area contributed by atoms with Crippen LogP contribution in [-0.4, -0.2) is 31.9 Å². The Bertz CT molecular complexity index is 585. The Hall–Kier alpha value is -1.48. The molecule has 0 spiro atoms. The van der Waals surface area contributed by atoms with Crippen molar-refractivity contribution in [2.24, 2.45) is 11.0 Å². The molecule has 1 atom stereocenters. The van der Waals surface area contributed by atoms with Gasteiger partial charge in [0.05, 0.1) is 4.90 Å². The topological polar surface area (TPSA) is 119 Å². The van der Waals surface area contributed by atoms with Crippen LogP contribution in [0.3, 0.4) is 0 Å². The third-order valence-electron chi connectivity index (χ3n) is 3.30. The number of nitrogens with zero attached hydrogens (tertiary/aromatic N) is 1. The summed E-state index contributed by atoms with van der Waals surface area (Å²) in [6.45, 7) is 0.697. The highest BCUT2D eigenvalue weighted by Gasteiger charge is 2.26. The van der Waals surface area contributed by atoms with Crippen LogP contribution >= 0.6 is 0 Å². The molecule has 0 radical (unpaired) electrons. The number of carbonyl (C=O) groups is 1. The summed E-state index contributed by atoms with van der Waals surface area (Å²) < 4.78 is 22.2. The molecule has 1 unspecified atom stereocenters. The highest BCUT2D eigenvalue weighted by atomic mass is 32.2. The van der Waals surface area contributed by atoms with Crippen molar-refractivity contribution in [3.05, 3.63) is 24.3 Å². The van der Waals surface area contributed by atoms with Crippen LogP contribution in [0.15, 0.2) is 29.2 Å². The Balaban J connectivity index is 2.04. The molecule has 0 bridgehead atoms. The number of nitrogens with two attached hydrogens (primary N) is 2. The normalized spacial score (nSPS) is 20.6. The lowest BCUT2D eigenvalue weighted by atomic mass is 10.0. The fourth-order valence-corrected chi connectivity index (χ4v) is 2.70. The van der Waals surface area contributed by atoms with E-state index in [0.717, 1.165) is 19.3 Å². The summed E-state index contributed by atoms with van der Waals surface area (Å²) >= 11 is 0. The second kappa shape index (κ2) is 5.88. The van der Waals surface area contributed by atoms with Crippen LogP contribution in [0.4, 0.5) is 5.69 Å². The van der Waals surface area contributed by atoms with Gasteiger partial charge < -0.3 is 5.32 Å². The van der Waals surface area contributed by atoms with E-state index in [1.165, 1.54) is 29.3 Å². The number of anilines is 1. The molecule has 1 amide bonds. The molecule has 7 nitrogen and oxygen atoms in total. The van der Waals surface area contributed by atoms with Crippen LogP contribution in [-0.2, 0) is 14.8 Å². The van der Waals surface area contributed by atoms with Crippen molar-refractivity contribution in [3.8, 4) is 0 Å². The molecule has 5 N–H and O–H groups in total. The van der Waals surface area contributed by atoms with Crippen LogP contribution < -0.4 is 16.3 Å². The second-order valence-corrected chi connectivity index (χ2v) is 6.37. The highest BCUT2D eigenvalue weighted by Crippen LogP contribution is 2.17. The van der Waals surface area contributed by atoms with Crippen LogP contribution in [0.2, 0.25) is 0 Å². The number of benzene rings is 1. The number of piperidine rings is 1. The van der Waals surface area contributed by atoms with Crippen molar-refractivity contribution in [3.63, 3.8) is 0 Å². The number of nitrogens with one attached hydrogen (secondary N) is 1. The van der Waals surface area contributed by atoms with Gasteiger partial charge in [-0.2, -0.15) is 0 Å². The predicted molar refractivity (Wildman–Crippen MR) is 75.0 cm³/mol. The molecule has 2 rings (SSSR count). The second-order valence-electron chi connectivity index (χ2n) is 4.81. The zero-order chi connectivity index (χ0) is 14.8. The van der Waals surface area contributed by atoms with E-state index in [-0.39, 0.29) is 16.8 Å². The van der Waals surface area contributed by atoms with E-state index >= 15 is 0 Å². The van der Waals surface area contributed by atoms with E-state index in [1.54, 1.807) is 0 Å². The molecule has 20 heavy (non-hydrogen) atoms.